The van der Waals surface area contributed by atoms with E-state index >= 15 is 0 Å². The van der Waals surface area contributed by atoms with E-state index in [2.05, 4.69) is 27.9 Å². The van der Waals surface area contributed by atoms with Gasteiger partial charge in [-0.15, -0.1) is 0 Å². The number of para-hydroxylation sites is 2. The fraction of sp³-hybridized carbons (Fsp3) is 0.368. The fourth-order valence-electron chi connectivity index (χ4n) is 3.78. The summed E-state index contributed by atoms with van der Waals surface area (Å²) in [6.45, 7) is 4.17. The van der Waals surface area contributed by atoms with E-state index in [0.717, 1.165) is 42.7 Å². The maximum absolute atomic E-state index is 12.4. The van der Waals surface area contributed by atoms with Crippen molar-refractivity contribution in [2.75, 3.05) is 13.1 Å². The van der Waals surface area contributed by atoms with Gasteiger partial charge in [0.25, 0.3) is 0 Å². The van der Waals surface area contributed by atoms with Gasteiger partial charge in [0.15, 0.2) is 0 Å². The molecule has 1 aromatic carbocycles. The molecule has 0 radical (unpaired) electrons. The van der Waals surface area contributed by atoms with E-state index in [-0.39, 0.29) is 11.7 Å². The molecule has 1 fully saturated rings. The summed E-state index contributed by atoms with van der Waals surface area (Å²) >= 11 is 0. The van der Waals surface area contributed by atoms with Gasteiger partial charge in [0, 0.05) is 31.4 Å². The summed E-state index contributed by atoms with van der Waals surface area (Å²) in [5, 5.41) is 0. The van der Waals surface area contributed by atoms with E-state index < -0.39 is 0 Å². The first-order valence-corrected chi connectivity index (χ1v) is 8.58. The Morgan fingerprint density at radius 2 is 1.88 bits per heavy atom. The summed E-state index contributed by atoms with van der Waals surface area (Å²) in [6, 6.07) is 14.6. The quantitative estimate of drug-likeness (QED) is 0.806. The van der Waals surface area contributed by atoms with E-state index in [1.165, 1.54) is 0 Å². The van der Waals surface area contributed by atoms with Gasteiger partial charge in [0.1, 0.15) is 0 Å². The maximum Gasteiger partial charge on any atom is 0.326 e. The third-order valence-corrected chi connectivity index (χ3v) is 5.15. The van der Waals surface area contributed by atoms with Crippen molar-refractivity contribution in [3.63, 3.8) is 0 Å². The molecule has 2 aromatic heterocycles. The number of hydrogen-bond donors (Lipinski definition) is 1. The SMILES string of the molecule is C[C@@H](c1ccccn1)N1CCC(n2c(=O)[nH]c3ccccc32)CC1. The van der Waals surface area contributed by atoms with Crippen LogP contribution in [0.15, 0.2) is 53.5 Å². The van der Waals surface area contributed by atoms with Gasteiger partial charge in [-0.1, -0.05) is 18.2 Å². The summed E-state index contributed by atoms with van der Waals surface area (Å²) in [5.74, 6) is 0. The van der Waals surface area contributed by atoms with Crippen molar-refractivity contribution >= 4 is 11.0 Å². The highest BCUT2D eigenvalue weighted by molar-refractivity contribution is 5.75. The highest BCUT2D eigenvalue weighted by Gasteiger charge is 2.26. The topological polar surface area (TPSA) is 53.9 Å². The average Bonchev–Trinajstić information content (AvgIpc) is 2.98. The number of rotatable bonds is 3. The highest BCUT2D eigenvalue weighted by Crippen LogP contribution is 2.29. The Kier molecular flexibility index (Phi) is 3.94. The van der Waals surface area contributed by atoms with Crippen LogP contribution in [-0.2, 0) is 0 Å². The van der Waals surface area contributed by atoms with Crippen molar-refractivity contribution in [3.8, 4) is 0 Å². The molecule has 5 heteroatoms. The van der Waals surface area contributed by atoms with Crippen molar-refractivity contribution in [3.05, 3.63) is 64.8 Å². The number of H-pyrrole nitrogens is 1. The number of nitrogens with zero attached hydrogens (tertiary/aromatic N) is 3. The predicted molar refractivity (Wildman–Crippen MR) is 95.1 cm³/mol. The lowest BCUT2D eigenvalue weighted by molar-refractivity contribution is 0.141. The Labute approximate surface area is 140 Å². The number of likely N-dealkylation sites (tertiary alicyclic amines) is 1. The Hall–Kier alpha value is -2.40. The van der Waals surface area contributed by atoms with Crippen molar-refractivity contribution in [1.29, 1.82) is 0 Å². The summed E-state index contributed by atoms with van der Waals surface area (Å²) in [5.41, 5.74) is 3.05. The fourth-order valence-corrected chi connectivity index (χ4v) is 3.78. The first-order chi connectivity index (χ1) is 11.7. The third-order valence-electron chi connectivity index (χ3n) is 5.15. The van der Waals surface area contributed by atoms with Crippen LogP contribution in [0.1, 0.15) is 37.5 Å². The molecule has 0 aliphatic carbocycles. The monoisotopic (exact) mass is 322 g/mol. The molecular weight excluding hydrogens is 300 g/mol. The lowest BCUT2D eigenvalue weighted by Gasteiger charge is -2.36. The zero-order chi connectivity index (χ0) is 16.5. The molecule has 0 bridgehead atoms. The maximum atomic E-state index is 12.4. The molecule has 3 heterocycles. The van der Waals surface area contributed by atoms with E-state index in [4.69, 9.17) is 0 Å². The second-order valence-electron chi connectivity index (χ2n) is 6.52. The number of piperidine rings is 1. The first kappa shape index (κ1) is 15.1. The number of nitrogens with one attached hydrogen (secondary N) is 1. The molecule has 1 aliphatic rings. The zero-order valence-electron chi connectivity index (χ0n) is 13.9. The summed E-state index contributed by atoms with van der Waals surface area (Å²) in [6.07, 6.45) is 3.82. The van der Waals surface area contributed by atoms with Crippen molar-refractivity contribution in [1.82, 2.24) is 19.4 Å². The average molecular weight is 322 g/mol. The molecule has 24 heavy (non-hydrogen) atoms. The van der Waals surface area contributed by atoms with Crippen LogP contribution in [0.2, 0.25) is 0 Å². The molecule has 1 saturated heterocycles. The normalized spacial score (nSPS) is 18.0. The van der Waals surface area contributed by atoms with Crippen molar-refractivity contribution < 1.29 is 0 Å². The minimum absolute atomic E-state index is 0.00687. The van der Waals surface area contributed by atoms with Crippen LogP contribution in [0.5, 0.6) is 0 Å². The second-order valence-corrected chi connectivity index (χ2v) is 6.52. The van der Waals surface area contributed by atoms with Gasteiger partial charge < -0.3 is 4.98 Å². The van der Waals surface area contributed by atoms with Crippen LogP contribution in [0.4, 0.5) is 0 Å². The molecule has 0 spiro atoms. The van der Waals surface area contributed by atoms with E-state index in [0.29, 0.717) is 6.04 Å². The van der Waals surface area contributed by atoms with E-state index in [1.54, 1.807) is 0 Å². The number of pyridine rings is 1. The largest absolute Gasteiger partial charge is 0.326 e. The Morgan fingerprint density at radius 1 is 1.12 bits per heavy atom. The standard InChI is InChI=1S/C19H22N4O/c1-14(16-6-4-5-11-20-16)22-12-9-15(10-13-22)23-18-8-3-2-7-17(18)21-19(23)24/h2-8,11,14-15H,9-10,12-13H2,1H3,(H,21,24)/t14-/m0/s1. The second kappa shape index (κ2) is 6.24. The van der Waals surface area contributed by atoms with Crippen LogP contribution in [0.25, 0.3) is 11.0 Å². The molecule has 124 valence electrons. The molecule has 1 atom stereocenters. The van der Waals surface area contributed by atoms with E-state index in [9.17, 15) is 4.79 Å². The van der Waals surface area contributed by atoms with Gasteiger partial charge in [-0.05, 0) is 44.0 Å². The van der Waals surface area contributed by atoms with Crippen LogP contribution in [0, 0.1) is 0 Å². The number of fused-ring (bicyclic) bond motifs is 1. The van der Waals surface area contributed by atoms with Gasteiger partial charge in [-0.3, -0.25) is 14.5 Å². The molecule has 0 amide bonds. The highest BCUT2D eigenvalue weighted by atomic mass is 16.1. The third kappa shape index (κ3) is 2.65. The molecule has 5 nitrogen and oxygen atoms in total. The smallest absolute Gasteiger partial charge is 0.306 e. The molecular formula is C19H22N4O. The Balaban J connectivity index is 1.52. The molecule has 4 rings (SSSR count). The number of aromatic amines is 1. The molecule has 0 saturated carbocycles. The lowest BCUT2D eigenvalue weighted by Crippen LogP contribution is -2.38. The summed E-state index contributed by atoms with van der Waals surface area (Å²) < 4.78 is 1.94. The van der Waals surface area contributed by atoms with Gasteiger partial charge in [0.05, 0.1) is 16.7 Å². The molecule has 3 aromatic rings. The van der Waals surface area contributed by atoms with Gasteiger partial charge in [-0.25, -0.2) is 4.79 Å². The minimum atomic E-state index is 0.00687. The van der Waals surface area contributed by atoms with Crippen LogP contribution >= 0.6 is 0 Å². The van der Waals surface area contributed by atoms with Crippen molar-refractivity contribution in [2.45, 2.75) is 31.8 Å². The van der Waals surface area contributed by atoms with Crippen LogP contribution in [0.3, 0.4) is 0 Å². The van der Waals surface area contributed by atoms with Gasteiger partial charge >= 0.3 is 5.69 Å². The number of aromatic nitrogens is 3. The number of imidazole rings is 1. The Bertz CT molecular complexity index is 875. The van der Waals surface area contributed by atoms with Crippen LogP contribution < -0.4 is 5.69 Å². The Morgan fingerprint density at radius 3 is 2.62 bits per heavy atom. The first-order valence-electron chi connectivity index (χ1n) is 8.58. The van der Waals surface area contributed by atoms with Gasteiger partial charge in [-0.2, -0.15) is 0 Å². The number of benzene rings is 1. The zero-order valence-corrected chi connectivity index (χ0v) is 13.9. The van der Waals surface area contributed by atoms with Crippen molar-refractivity contribution in [2.24, 2.45) is 0 Å². The van der Waals surface area contributed by atoms with E-state index in [1.807, 2.05) is 47.2 Å². The lowest BCUT2D eigenvalue weighted by atomic mass is 10.0. The molecule has 1 N–H and O–H groups in total. The summed E-state index contributed by atoms with van der Waals surface area (Å²) in [7, 11) is 0. The predicted octanol–water partition coefficient (Wildman–Crippen LogP) is 3.12. The van der Waals surface area contributed by atoms with Crippen LogP contribution in [-0.4, -0.2) is 32.5 Å². The van der Waals surface area contributed by atoms with Gasteiger partial charge in [0.2, 0.25) is 0 Å². The number of hydrogen-bond acceptors (Lipinski definition) is 3. The summed E-state index contributed by atoms with van der Waals surface area (Å²) in [4.78, 5) is 22.3. The minimum Gasteiger partial charge on any atom is -0.306 e. The molecule has 0 unspecified atom stereocenters. The molecule has 1 aliphatic heterocycles.